The number of aromatic amines is 1. The van der Waals surface area contributed by atoms with Crippen LogP contribution in [0, 0.1) is 4.77 Å². The molecular weight excluding hydrogens is 405 g/mol. The maximum absolute atomic E-state index is 13.6. The normalized spacial score (nSPS) is 11.6. The van der Waals surface area contributed by atoms with Crippen LogP contribution < -0.4 is 5.32 Å². The molecule has 0 aliphatic heterocycles. The van der Waals surface area contributed by atoms with Crippen LogP contribution in [0.2, 0.25) is 5.02 Å². The Bertz CT molecular complexity index is 1040. The lowest BCUT2D eigenvalue weighted by molar-refractivity contribution is -0.143. The zero-order chi connectivity index (χ0) is 19.8. The minimum atomic E-state index is -4.80. The second-order valence-corrected chi connectivity index (χ2v) is 6.30. The summed E-state index contributed by atoms with van der Waals surface area (Å²) in [6.45, 7) is -0.105. The van der Waals surface area contributed by atoms with Gasteiger partial charge in [0.2, 0.25) is 0 Å². The fourth-order valence-electron chi connectivity index (χ4n) is 2.36. The maximum atomic E-state index is 13.6. The van der Waals surface area contributed by atoms with Crippen LogP contribution in [-0.2, 0) is 19.8 Å². The van der Waals surface area contributed by atoms with E-state index in [-0.39, 0.29) is 12.2 Å². The summed E-state index contributed by atoms with van der Waals surface area (Å²) in [5.41, 5.74) is -1.66. The van der Waals surface area contributed by atoms with E-state index in [1.54, 1.807) is 7.05 Å². The number of alkyl halides is 3. The lowest BCUT2D eigenvalue weighted by Gasteiger charge is -2.13. The molecule has 0 aliphatic rings. The van der Waals surface area contributed by atoms with Gasteiger partial charge in [-0.3, -0.25) is 9.89 Å². The minimum Gasteiger partial charge on any atom is -0.345 e. The van der Waals surface area contributed by atoms with Gasteiger partial charge in [-0.05, 0) is 36.5 Å². The monoisotopic (exact) mass is 416 g/mol. The summed E-state index contributed by atoms with van der Waals surface area (Å²) in [6.07, 6.45) is -3.93. The summed E-state index contributed by atoms with van der Waals surface area (Å²) in [5.74, 6) is -0.566. The van der Waals surface area contributed by atoms with Crippen LogP contribution in [-0.4, -0.2) is 30.5 Å². The number of amides is 1. The van der Waals surface area contributed by atoms with Gasteiger partial charge in [0.15, 0.2) is 16.3 Å². The molecule has 0 spiro atoms. The van der Waals surface area contributed by atoms with E-state index in [1.807, 2.05) is 0 Å². The van der Waals surface area contributed by atoms with E-state index in [0.29, 0.717) is 20.3 Å². The molecule has 7 nitrogen and oxygen atoms in total. The topological polar surface area (TPSA) is 80.5 Å². The number of hydrogen-bond donors (Lipinski definition) is 2. The van der Waals surface area contributed by atoms with Crippen molar-refractivity contribution >= 4 is 29.7 Å². The van der Waals surface area contributed by atoms with Gasteiger partial charge in [-0.1, -0.05) is 11.6 Å². The van der Waals surface area contributed by atoms with Gasteiger partial charge in [-0.2, -0.15) is 23.4 Å². The van der Waals surface area contributed by atoms with Gasteiger partial charge in [0.1, 0.15) is 0 Å². The van der Waals surface area contributed by atoms with Crippen molar-refractivity contribution < 1.29 is 18.0 Å². The number of H-pyrrole nitrogens is 1. The molecule has 0 unspecified atom stereocenters. The third-order valence-corrected chi connectivity index (χ3v) is 4.35. The first-order valence-corrected chi connectivity index (χ1v) is 8.26. The highest BCUT2D eigenvalue weighted by Gasteiger charge is 2.40. The summed E-state index contributed by atoms with van der Waals surface area (Å²) in [4.78, 5) is 12.3. The van der Waals surface area contributed by atoms with Crippen molar-refractivity contribution in [2.45, 2.75) is 12.7 Å². The molecule has 3 rings (SSSR count). The van der Waals surface area contributed by atoms with Gasteiger partial charge in [0.05, 0.1) is 24.0 Å². The molecule has 1 amide bonds. The number of aromatic nitrogens is 5. The first kappa shape index (κ1) is 19.1. The van der Waals surface area contributed by atoms with Crippen LogP contribution in [0.1, 0.15) is 21.9 Å². The molecule has 0 atom stereocenters. The van der Waals surface area contributed by atoms with Crippen LogP contribution in [0.15, 0.2) is 30.5 Å². The molecule has 142 valence electrons. The third-order valence-electron chi connectivity index (χ3n) is 3.73. The maximum Gasteiger partial charge on any atom is 0.434 e. The number of rotatable bonds is 4. The molecule has 2 aromatic heterocycles. The molecule has 2 heterocycles. The van der Waals surface area contributed by atoms with Gasteiger partial charge in [0.25, 0.3) is 5.91 Å². The largest absolute Gasteiger partial charge is 0.434 e. The fourth-order valence-corrected chi connectivity index (χ4v) is 2.63. The quantitative estimate of drug-likeness (QED) is 0.640. The number of hydrogen-bond acceptors (Lipinski definition) is 4. The first-order chi connectivity index (χ1) is 12.7. The van der Waals surface area contributed by atoms with Crippen LogP contribution in [0.25, 0.3) is 5.69 Å². The number of halogens is 4. The summed E-state index contributed by atoms with van der Waals surface area (Å²) < 4.78 is 43.3. The van der Waals surface area contributed by atoms with E-state index in [1.165, 1.54) is 28.8 Å². The molecule has 0 saturated carbocycles. The Morgan fingerprint density at radius 3 is 2.56 bits per heavy atom. The number of carbonyl (C=O) groups excluding carboxylic acids is 1. The smallest absolute Gasteiger partial charge is 0.345 e. The Morgan fingerprint density at radius 2 is 2.00 bits per heavy atom. The van der Waals surface area contributed by atoms with E-state index >= 15 is 0 Å². The molecule has 2 N–H and O–H groups in total. The summed E-state index contributed by atoms with van der Waals surface area (Å²) in [6, 6.07) is 5.62. The van der Waals surface area contributed by atoms with E-state index in [0.717, 1.165) is 6.20 Å². The van der Waals surface area contributed by atoms with Crippen molar-refractivity contribution in [3.8, 4) is 5.69 Å². The van der Waals surface area contributed by atoms with Gasteiger partial charge >= 0.3 is 6.18 Å². The van der Waals surface area contributed by atoms with Crippen molar-refractivity contribution in [1.82, 2.24) is 29.9 Å². The second kappa shape index (κ2) is 7.16. The number of carbonyl (C=O) groups is 1. The van der Waals surface area contributed by atoms with Gasteiger partial charge in [0, 0.05) is 12.1 Å². The molecule has 0 aliphatic carbocycles. The summed E-state index contributed by atoms with van der Waals surface area (Å²) in [5, 5.41) is 12.9. The highest BCUT2D eigenvalue weighted by Crippen LogP contribution is 2.33. The van der Waals surface area contributed by atoms with Crippen LogP contribution in [0.5, 0.6) is 0 Å². The standard InChI is InChI=1S/C15H12ClF3N6OS/c1-24-11(22-23-14(24)27)7-20-13(26)10-6-21-25(12(10)15(17,18)19)9-4-2-8(16)3-5-9/h2-6H,7H2,1H3,(H,20,26)(H,23,27). The Morgan fingerprint density at radius 1 is 1.33 bits per heavy atom. The fraction of sp³-hybridized carbons (Fsp3) is 0.200. The SMILES string of the molecule is Cn1c(CNC(=O)c2cnn(-c3ccc(Cl)cc3)c2C(F)(F)F)n[nH]c1=S. The minimum absolute atomic E-state index is 0.105. The predicted molar refractivity (Wildman–Crippen MR) is 93.1 cm³/mol. The number of benzene rings is 1. The average molecular weight is 417 g/mol. The molecule has 12 heteroatoms. The lowest BCUT2D eigenvalue weighted by atomic mass is 10.2. The van der Waals surface area contributed by atoms with Crippen molar-refractivity contribution in [2.75, 3.05) is 0 Å². The van der Waals surface area contributed by atoms with Gasteiger partial charge in [-0.15, -0.1) is 0 Å². The van der Waals surface area contributed by atoms with Crippen molar-refractivity contribution in [3.05, 3.63) is 57.3 Å². The van der Waals surface area contributed by atoms with Gasteiger partial charge in [-0.25, -0.2) is 4.68 Å². The van der Waals surface area contributed by atoms with E-state index in [2.05, 4.69) is 20.6 Å². The zero-order valence-electron chi connectivity index (χ0n) is 13.7. The zero-order valence-corrected chi connectivity index (χ0v) is 15.3. The highest BCUT2D eigenvalue weighted by atomic mass is 35.5. The molecule has 1 aromatic carbocycles. The van der Waals surface area contributed by atoms with Crippen molar-refractivity contribution in [2.24, 2.45) is 7.05 Å². The first-order valence-electron chi connectivity index (χ1n) is 7.48. The van der Waals surface area contributed by atoms with Crippen molar-refractivity contribution in [3.63, 3.8) is 0 Å². The molecule has 0 bridgehead atoms. The Balaban J connectivity index is 1.93. The molecule has 0 fully saturated rings. The summed E-state index contributed by atoms with van der Waals surface area (Å²) >= 11 is 10.7. The lowest BCUT2D eigenvalue weighted by Crippen LogP contribution is -2.27. The van der Waals surface area contributed by atoms with Crippen LogP contribution in [0.3, 0.4) is 0 Å². The number of nitrogens with one attached hydrogen (secondary N) is 2. The Hall–Kier alpha value is -2.66. The summed E-state index contributed by atoms with van der Waals surface area (Å²) in [7, 11) is 1.62. The molecule has 3 aromatic rings. The molecule has 0 radical (unpaired) electrons. The molecule has 0 saturated heterocycles. The highest BCUT2D eigenvalue weighted by molar-refractivity contribution is 7.71. The molecule has 27 heavy (non-hydrogen) atoms. The van der Waals surface area contributed by atoms with Crippen molar-refractivity contribution in [1.29, 1.82) is 0 Å². The van der Waals surface area contributed by atoms with Crippen LogP contribution >= 0.6 is 23.8 Å². The third kappa shape index (κ3) is 3.88. The van der Waals surface area contributed by atoms with Crippen LogP contribution in [0.4, 0.5) is 13.2 Å². The Labute approximate surface area is 160 Å². The number of nitrogens with zero attached hydrogens (tertiary/aromatic N) is 4. The average Bonchev–Trinajstić information content (AvgIpc) is 3.19. The van der Waals surface area contributed by atoms with E-state index in [4.69, 9.17) is 23.8 Å². The van der Waals surface area contributed by atoms with E-state index in [9.17, 15) is 18.0 Å². The molecular formula is C15H12ClF3N6OS. The van der Waals surface area contributed by atoms with E-state index < -0.39 is 23.3 Å². The second-order valence-electron chi connectivity index (χ2n) is 5.48. The Kier molecular flexibility index (Phi) is 5.07. The van der Waals surface area contributed by atoms with Gasteiger partial charge < -0.3 is 9.88 Å². The predicted octanol–water partition coefficient (Wildman–Crippen LogP) is 3.27.